The average molecular weight is 449 g/mol. The number of hydrogen-bond acceptors (Lipinski definition) is 7. The van der Waals surface area contributed by atoms with Crippen molar-refractivity contribution in [2.45, 2.75) is 33.6 Å². The highest BCUT2D eigenvalue weighted by Crippen LogP contribution is 2.25. The number of pyridine rings is 1. The molecule has 8 nitrogen and oxygen atoms in total. The fraction of sp³-hybridized carbons (Fsp3) is 0.400. The Bertz CT molecular complexity index is 1150. The van der Waals surface area contributed by atoms with E-state index in [0.717, 1.165) is 34.5 Å². The molecule has 33 heavy (non-hydrogen) atoms. The van der Waals surface area contributed by atoms with E-state index in [9.17, 15) is 9.59 Å². The van der Waals surface area contributed by atoms with E-state index in [1.54, 1.807) is 4.90 Å². The molecule has 0 N–H and O–H groups in total. The van der Waals surface area contributed by atoms with Gasteiger partial charge in [0.15, 0.2) is 0 Å². The van der Waals surface area contributed by atoms with Crippen LogP contribution >= 0.6 is 0 Å². The summed E-state index contributed by atoms with van der Waals surface area (Å²) in [5.41, 5.74) is 4.48. The van der Waals surface area contributed by atoms with Crippen molar-refractivity contribution in [2.24, 2.45) is 11.8 Å². The molecule has 8 heteroatoms. The van der Waals surface area contributed by atoms with E-state index in [-0.39, 0.29) is 24.2 Å². The highest BCUT2D eigenvalue weighted by atomic mass is 16.5. The van der Waals surface area contributed by atoms with Crippen LogP contribution in [0.25, 0.3) is 22.8 Å². The van der Waals surface area contributed by atoms with Crippen LogP contribution in [0, 0.1) is 18.8 Å². The predicted octanol–water partition coefficient (Wildman–Crippen LogP) is 3.48. The number of methoxy groups -OCH3 is 1. The molecular weight excluding hydrogens is 420 g/mol. The second-order valence-electron chi connectivity index (χ2n) is 8.90. The Kier molecular flexibility index (Phi) is 6.53. The molecule has 0 saturated carbocycles. The number of rotatable bonds is 7. The van der Waals surface area contributed by atoms with Crippen molar-refractivity contribution in [1.29, 1.82) is 0 Å². The van der Waals surface area contributed by atoms with E-state index in [1.165, 1.54) is 7.11 Å². The fourth-order valence-corrected chi connectivity index (χ4v) is 3.90. The molecule has 1 aliphatic rings. The van der Waals surface area contributed by atoms with Crippen molar-refractivity contribution < 1.29 is 18.8 Å². The van der Waals surface area contributed by atoms with Gasteiger partial charge in [0.25, 0.3) is 5.89 Å². The molecule has 1 aliphatic heterocycles. The second kappa shape index (κ2) is 9.52. The van der Waals surface area contributed by atoms with E-state index in [2.05, 4.69) is 29.0 Å². The Morgan fingerprint density at radius 3 is 2.52 bits per heavy atom. The van der Waals surface area contributed by atoms with Crippen LogP contribution in [-0.4, -0.2) is 52.1 Å². The molecule has 0 spiro atoms. The van der Waals surface area contributed by atoms with E-state index < -0.39 is 0 Å². The summed E-state index contributed by atoms with van der Waals surface area (Å²) < 4.78 is 10.2. The maximum atomic E-state index is 12.4. The van der Waals surface area contributed by atoms with Crippen molar-refractivity contribution in [1.82, 2.24) is 20.0 Å². The molecule has 1 aromatic carbocycles. The zero-order valence-electron chi connectivity index (χ0n) is 19.4. The Morgan fingerprint density at radius 1 is 1.12 bits per heavy atom. The van der Waals surface area contributed by atoms with Crippen molar-refractivity contribution in [3.05, 3.63) is 53.3 Å². The number of esters is 1. The molecular formula is C25H28N4O4. The van der Waals surface area contributed by atoms with Crippen molar-refractivity contribution in [2.75, 3.05) is 20.2 Å². The van der Waals surface area contributed by atoms with Gasteiger partial charge in [-0.3, -0.25) is 14.6 Å². The first-order valence-corrected chi connectivity index (χ1v) is 11.1. The molecule has 0 atom stereocenters. The smallest absolute Gasteiger partial charge is 0.312 e. The summed E-state index contributed by atoms with van der Waals surface area (Å²) in [6, 6.07) is 11.5. The van der Waals surface area contributed by atoms with Crippen LogP contribution in [0.3, 0.4) is 0 Å². The van der Waals surface area contributed by atoms with Crippen LogP contribution in [0.2, 0.25) is 0 Å². The van der Waals surface area contributed by atoms with Gasteiger partial charge in [-0.15, -0.1) is 0 Å². The summed E-state index contributed by atoms with van der Waals surface area (Å²) in [6.07, 6.45) is 1.16. The molecule has 0 aliphatic carbocycles. The lowest BCUT2D eigenvalue weighted by Gasteiger charge is -2.37. The van der Waals surface area contributed by atoms with Gasteiger partial charge in [0.05, 0.1) is 19.4 Å². The molecule has 3 heterocycles. The number of nitrogens with zero attached hydrogens (tertiary/aromatic N) is 4. The quantitative estimate of drug-likeness (QED) is 0.510. The zero-order valence-corrected chi connectivity index (χ0v) is 19.4. The van der Waals surface area contributed by atoms with E-state index >= 15 is 0 Å². The molecule has 2 aromatic heterocycles. The van der Waals surface area contributed by atoms with E-state index in [4.69, 9.17) is 9.26 Å². The molecule has 0 radical (unpaired) electrons. The van der Waals surface area contributed by atoms with Crippen LogP contribution in [0.4, 0.5) is 0 Å². The van der Waals surface area contributed by atoms with Crippen LogP contribution in [0.5, 0.6) is 0 Å². The Labute approximate surface area is 193 Å². The third-order valence-corrected chi connectivity index (χ3v) is 5.63. The standard InChI is InChI=1S/C25H28N4O4/c1-15(2)9-21-12-19(10-16(3)26-21)24-27-23(28-33-24)18-7-5-17(6-8-18)11-22(30)29-13-20(14-29)25(31)32-4/h5-8,10,12,15,20H,9,11,13-14H2,1-4H3. The van der Waals surface area contributed by atoms with Crippen molar-refractivity contribution in [3.63, 3.8) is 0 Å². The first-order chi connectivity index (χ1) is 15.8. The summed E-state index contributed by atoms with van der Waals surface area (Å²) in [5, 5.41) is 4.13. The summed E-state index contributed by atoms with van der Waals surface area (Å²) in [5.74, 6) is 0.977. The molecule has 0 unspecified atom stereocenters. The Balaban J connectivity index is 1.41. The fourth-order valence-electron chi connectivity index (χ4n) is 3.90. The largest absolute Gasteiger partial charge is 0.469 e. The Morgan fingerprint density at radius 2 is 1.85 bits per heavy atom. The van der Waals surface area contributed by atoms with Gasteiger partial charge in [-0.2, -0.15) is 4.98 Å². The second-order valence-corrected chi connectivity index (χ2v) is 8.90. The lowest BCUT2D eigenvalue weighted by molar-refractivity contribution is -0.155. The first kappa shape index (κ1) is 22.6. The highest BCUT2D eigenvalue weighted by Gasteiger charge is 2.36. The van der Waals surface area contributed by atoms with E-state index in [0.29, 0.717) is 30.7 Å². The number of ether oxygens (including phenoxy) is 1. The molecule has 1 saturated heterocycles. The van der Waals surface area contributed by atoms with Crippen LogP contribution in [0.15, 0.2) is 40.9 Å². The van der Waals surface area contributed by atoms with Gasteiger partial charge >= 0.3 is 5.97 Å². The molecule has 3 aromatic rings. The number of amides is 1. The van der Waals surface area contributed by atoms with Crippen LogP contribution in [0.1, 0.15) is 30.8 Å². The minimum Gasteiger partial charge on any atom is -0.469 e. The molecule has 4 rings (SSSR count). The summed E-state index contributed by atoms with van der Waals surface area (Å²) in [7, 11) is 1.36. The first-order valence-electron chi connectivity index (χ1n) is 11.1. The minimum atomic E-state index is -0.263. The van der Waals surface area contributed by atoms with Gasteiger partial charge in [0.2, 0.25) is 11.7 Å². The lowest BCUT2D eigenvalue weighted by atomic mass is 9.99. The molecule has 0 bridgehead atoms. The van der Waals surface area contributed by atoms with Crippen molar-refractivity contribution >= 4 is 11.9 Å². The SMILES string of the molecule is COC(=O)C1CN(C(=O)Cc2ccc(-c3noc(-c4cc(C)nc(CC(C)C)c4)n3)cc2)C1. The third-order valence-electron chi connectivity index (χ3n) is 5.63. The summed E-state index contributed by atoms with van der Waals surface area (Å²) in [4.78, 5) is 34.7. The van der Waals surface area contributed by atoms with Gasteiger partial charge in [0.1, 0.15) is 0 Å². The van der Waals surface area contributed by atoms with E-state index in [1.807, 2.05) is 43.3 Å². The summed E-state index contributed by atoms with van der Waals surface area (Å²) >= 11 is 0. The number of benzene rings is 1. The third kappa shape index (κ3) is 5.27. The van der Waals surface area contributed by atoms with Gasteiger partial charge in [-0.05, 0) is 37.0 Å². The van der Waals surface area contributed by atoms with Crippen molar-refractivity contribution in [3.8, 4) is 22.8 Å². The van der Waals surface area contributed by atoms with Gasteiger partial charge in [-0.25, -0.2) is 0 Å². The number of carbonyl (C=O) groups is 2. The molecule has 1 fully saturated rings. The monoisotopic (exact) mass is 448 g/mol. The maximum absolute atomic E-state index is 12.4. The minimum absolute atomic E-state index is 0.00462. The molecule has 1 amide bonds. The molecule has 172 valence electrons. The van der Waals surface area contributed by atoms with Crippen LogP contribution < -0.4 is 0 Å². The normalized spacial score (nSPS) is 13.8. The number of carbonyl (C=O) groups excluding carboxylic acids is 2. The average Bonchev–Trinajstić information content (AvgIpc) is 3.22. The summed E-state index contributed by atoms with van der Waals surface area (Å²) in [6.45, 7) is 7.12. The number of aromatic nitrogens is 3. The Hall–Kier alpha value is -3.55. The number of aryl methyl sites for hydroxylation is 1. The lowest BCUT2D eigenvalue weighted by Crippen LogP contribution is -2.53. The topological polar surface area (TPSA) is 98.4 Å². The maximum Gasteiger partial charge on any atom is 0.312 e. The van der Waals surface area contributed by atoms with Gasteiger partial charge in [0, 0.05) is 35.6 Å². The van der Waals surface area contributed by atoms with Gasteiger partial charge in [-0.1, -0.05) is 43.3 Å². The van der Waals surface area contributed by atoms with Crippen LogP contribution in [-0.2, 0) is 27.2 Å². The predicted molar refractivity (Wildman–Crippen MR) is 122 cm³/mol. The highest BCUT2D eigenvalue weighted by molar-refractivity contribution is 5.83. The van der Waals surface area contributed by atoms with Gasteiger partial charge < -0.3 is 14.2 Å². The number of likely N-dealkylation sites (tertiary alicyclic amines) is 1. The zero-order chi connectivity index (χ0) is 23.5. The number of hydrogen-bond donors (Lipinski definition) is 0.